The number of carbonyl (C=O) groups excluding carboxylic acids is 1. The minimum atomic E-state index is -0.764. The molecule has 1 aromatic heterocycles. The van der Waals surface area contributed by atoms with Gasteiger partial charge in [0.1, 0.15) is 0 Å². The van der Waals surface area contributed by atoms with Crippen LogP contribution in [0.15, 0.2) is 30.5 Å². The first-order valence-electron chi connectivity index (χ1n) is 5.88. The topological polar surface area (TPSA) is 68.1 Å². The molecule has 0 bridgehead atoms. The van der Waals surface area contributed by atoms with E-state index >= 15 is 0 Å². The Bertz CT molecular complexity index is 578. The minimum absolute atomic E-state index is 0. The van der Waals surface area contributed by atoms with E-state index in [1.54, 1.807) is 13.8 Å². The zero-order valence-corrected chi connectivity index (χ0v) is 12.1. The average molecular weight is 283 g/mol. The Balaban J connectivity index is 0.00000180. The Kier molecular flexibility index (Phi) is 4.61. The summed E-state index contributed by atoms with van der Waals surface area (Å²) in [6.07, 6.45) is 1.86. The van der Waals surface area contributed by atoms with Crippen molar-refractivity contribution in [1.82, 2.24) is 4.98 Å². The Morgan fingerprint density at radius 1 is 1.37 bits per heavy atom. The van der Waals surface area contributed by atoms with Crippen molar-refractivity contribution in [1.29, 1.82) is 0 Å². The van der Waals surface area contributed by atoms with Crippen LogP contribution in [0.1, 0.15) is 25.5 Å². The molecule has 0 spiro atoms. The minimum Gasteiger partial charge on any atom is -0.469 e. The largest absolute Gasteiger partial charge is 0.469 e. The van der Waals surface area contributed by atoms with Crippen LogP contribution in [-0.4, -0.2) is 18.1 Å². The van der Waals surface area contributed by atoms with Crippen LogP contribution >= 0.6 is 12.4 Å². The lowest BCUT2D eigenvalue weighted by Gasteiger charge is -2.28. The Labute approximate surface area is 118 Å². The average Bonchev–Trinajstić information content (AvgIpc) is 2.80. The molecule has 0 radical (unpaired) electrons. The number of aromatic amines is 1. The second-order valence-corrected chi connectivity index (χ2v) is 4.98. The number of hydrogen-bond donors (Lipinski definition) is 2. The molecule has 2 rings (SSSR count). The lowest BCUT2D eigenvalue weighted by Crippen LogP contribution is -2.37. The number of carbonyl (C=O) groups is 1. The molecule has 19 heavy (non-hydrogen) atoms. The van der Waals surface area contributed by atoms with E-state index in [1.165, 1.54) is 7.11 Å². The molecule has 0 aliphatic carbocycles. The molecule has 0 amide bonds. The first-order valence-corrected chi connectivity index (χ1v) is 5.88. The van der Waals surface area contributed by atoms with Crippen LogP contribution in [0.5, 0.6) is 0 Å². The quantitative estimate of drug-likeness (QED) is 0.851. The monoisotopic (exact) mass is 282 g/mol. The predicted octanol–water partition coefficient (Wildman–Crippen LogP) is 2.79. The summed E-state index contributed by atoms with van der Waals surface area (Å²) >= 11 is 0. The number of para-hydroxylation sites is 1. The normalized spacial score (nSPS) is 12.8. The number of benzene rings is 1. The molecule has 0 saturated heterocycles. The highest BCUT2D eigenvalue weighted by atomic mass is 35.5. The van der Waals surface area contributed by atoms with Gasteiger partial charge in [0.05, 0.1) is 12.5 Å². The van der Waals surface area contributed by atoms with Crippen molar-refractivity contribution in [3.8, 4) is 0 Å². The number of halogens is 1. The van der Waals surface area contributed by atoms with Crippen LogP contribution in [-0.2, 0) is 9.53 Å². The molecule has 5 heteroatoms. The number of esters is 1. The SMILES string of the molecule is COC(=O)C(C)(C)[C@H](N)c1c[nH]c2ccccc12.Cl. The number of aromatic nitrogens is 1. The highest BCUT2D eigenvalue weighted by Crippen LogP contribution is 2.35. The van der Waals surface area contributed by atoms with Crippen molar-refractivity contribution < 1.29 is 9.53 Å². The molecule has 0 unspecified atom stereocenters. The summed E-state index contributed by atoms with van der Waals surface area (Å²) in [4.78, 5) is 15.0. The number of rotatable bonds is 3. The molecule has 3 N–H and O–H groups in total. The molecule has 1 aromatic carbocycles. The van der Waals surface area contributed by atoms with Crippen molar-refractivity contribution >= 4 is 29.3 Å². The van der Waals surface area contributed by atoms with Crippen LogP contribution in [0, 0.1) is 5.41 Å². The summed E-state index contributed by atoms with van der Waals surface area (Å²) < 4.78 is 4.82. The fraction of sp³-hybridized carbons (Fsp3) is 0.357. The number of nitrogens with one attached hydrogen (secondary N) is 1. The van der Waals surface area contributed by atoms with E-state index in [1.807, 2.05) is 30.5 Å². The second kappa shape index (κ2) is 5.63. The number of nitrogens with two attached hydrogens (primary N) is 1. The number of hydrogen-bond acceptors (Lipinski definition) is 3. The van der Waals surface area contributed by atoms with Crippen LogP contribution in [0.25, 0.3) is 10.9 Å². The van der Waals surface area contributed by atoms with E-state index in [9.17, 15) is 4.79 Å². The van der Waals surface area contributed by atoms with Crippen molar-refractivity contribution in [2.75, 3.05) is 7.11 Å². The molecule has 0 aliphatic rings. The molecule has 104 valence electrons. The summed E-state index contributed by atoms with van der Waals surface area (Å²) in [5, 5.41) is 1.04. The van der Waals surface area contributed by atoms with E-state index in [-0.39, 0.29) is 18.4 Å². The summed E-state index contributed by atoms with van der Waals surface area (Å²) in [7, 11) is 1.38. The van der Waals surface area contributed by atoms with Gasteiger partial charge in [-0.1, -0.05) is 18.2 Å². The van der Waals surface area contributed by atoms with Crippen LogP contribution in [0.3, 0.4) is 0 Å². The first-order chi connectivity index (χ1) is 8.48. The molecular weight excluding hydrogens is 264 g/mol. The van der Waals surface area contributed by atoms with Gasteiger partial charge in [-0.3, -0.25) is 4.79 Å². The molecule has 0 aliphatic heterocycles. The van der Waals surface area contributed by atoms with Crippen molar-refractivity contribution in [3.63, 3.8) is 0 Å². The third kappa shape index (κ3) is 2.60. The van der Waals surface area contributed by atoms with Crippen LogP contribution in [0.4, 0.5) is 0 Å². The van der Waals surface area contributed by atoms with E-state index in [4.69, 9.17) is 10.5 Å². The fourth-order valence-corrected chi connectivity index (χ4v) is 2.13. The summed E-state index contributed by atoms with van der Waals surface area (Å²) in [5.41, 5.74) is 7.42. The van der Waals surface area contributed by atoms with E-state index in [2.05, 4.69) is 4.98 Å². The van der Waals surface area contributed by atoms with Crippen molar-refractivity contribution in [3.05, 3.63) is 36.0 Å². The van der Waals surface area contributed by atoms with Crippen LogP contribution < -0.4 is 5.73 Å². The lowest BCUT2D eigenvalue weighted by molar-refractivity contribution is -0.152. The zero-order valence-electron chi connectivity index (χ0n) is 11.3. The predicted molar refractivity (Wildman–Crippen MR) is 78.3 cm³/mol. The number of methoxy groups -OCH3 is 1. The highest BCUT2D eigenvalue weighted by molar-refractivity contribution is 5.86. The molecule has 2 aromatic rings. The van der Waals surface area contributed by atoms with Gasteiger partial charge >= 0.3 is 5.97 Å². The summed E-state index contributed by atoms with van der Waals surface area (Å²) in [6, 6.07) is 7.48. The third-order valence-electron chi connectivity index (χ3n) is 3.45. The Morgan fingerprint density at radius 3 is 2.63 bits per heavy atom. The van der Waals surface area contributed by atoms with Gasteiger partial charge in [0.15, 0.2) is 0 Å². The molecule has 1 atom stereocenters. The highest BCUT2D eigenvalue weighted by Gasteiger charge is 2.37. The maximum absolute atomic E-state index is 11.8. The fourth-order valence-electron chi connectivity index (χ4n) is 2.13. The maximum atomic E-state index is 11.8. The van der Waals surface area contributed by atoms with Gasteiger partial charge in [0.25, 0.3) is 0 Å². The Morgan fingerprint density at radius 2 is 2.00 bits per heavy atom. The second-order valence-electron chi connectivity index (χ2n) is 4.98. The summed E-state index contributed by atoms with van der Waals surface area (Å²) in [6.45, 7) is 3.59. The number of H-pyrrole nitrogens is 1. The van der Waals surface area contributed by atoms with Gasteiger partial charge in [0, 0.05) is 23.1 Å². The van der Waals surface area contributed by atoms with Gasteiger partial charge in [-0.15, -0.1) is 12.4 Å². The molecule has 1 heterocycles. The van der Waals surface area contributed by atoms with Crippen molar-refractivity contribution in [2.24, 2.45) is 11.1 Å². The molecule has 0 fully saturated rings. The van der Waals surface area contributed by atoms with E-state index in [0.717, 1.165) is 16.5 Å². The van der Waals surface area contributed by atoms with Gasteiger partial charge in [-0.05, 0) is 25.5 Å². The number of fused-ring (bicyclic) bond motifs is 1. The maximum Gasteiger partial charge on any atom is 0.313 e. The van der Waals surface area contributed by atoms with Crippen molar-refractivity contribution in [2.45, 2.75) is 19.9 Å². The molecule has 4 nitrogen and oxygen atoms in total. The van der Waals surface area contributed by atoms with Gasteiger partial charge < -0.3 is 15.5 Å². The first kappa shape index (κ1) is 15.5. The Hall–Kier alpha value is -1.52. The summed E-state index contributed by atoms with van der Waals surface area (Å²) in [5.74, 6) is -0.305. The van der Waals surface area contributed by atoms with Crippen LogP contribution in [0.2, 0.25) is 0 Å². The lowest BCUT2D eigenvalue weighted by atomic mass is 9.81. The van der Waals surface area contributed by atoms with Gasteiger partial charge in [-0.25, -0.2) is 0 Å². The smallest absolute Gasteiger partial charge is 0.313 e. The van der Waals surface area contributed by atoms with Gasteiger partial charge in [0.2, 0.25) is 0 Å². The molecule has 0 saturated carbocycles. The standard InChI is InChI=1S/C14H18N2O2.ClH/c1-14(2,13(17)18-3)12(15)10-8-16-11-7-5-4-6-9(10)11;/h4-8,12,16H,15H2,1-3H3;1H/t12-;/m1./s1. The zero-order chi connectivity index (χ0) is 13.3. The third-order valence-corrected chi connectivity index (χ3v) is 3.45. The number of ether oxygens (including phenoxy) is 1. The van der Waals surface area contributed by atoms with E-state index in [0.29, 0.717) is 0 Å². The van der Waals surface area contributed by atoms with Gasteiger partial charge in [-0.2, -0.15) is 0 Å². The van der Waals surface area contributed by atoms with E-state index < -0.39 is 11.5 Å². The molecular formula is C14H19ClN2O2.